The first-order valence-corrected chi connectivity index (χ1v) is 9.22. The highest BCUT2D eigenvalue weighted by Gasteiger charge is 2.54. The average Bonchev–Trinajstić information content (AvgIpc) is 3.22. The Morgan fingerprint density at radius 1 is 1.44 bits per heavy atom. The van der Waals surface area contributed by atoms with Gasteiger partial charge >= 0.3 is 0 Å². The van der Waals surface area contributed by atoms with Gasteiger partial charge in [-0.3, -0.25) is 4.79 Å². The zero-order chi connectivity index (χ0) is 17.3. The van der Waals surface area contributed by atoms with Crippen LogP contribution in [0.1, 0.15) is 11.3 Å². The standard InChI is InChI=1S/C18H19FN2O3S/c19-15-4-1-6-20-17(15)23-10-13-5-7-24-18(13)11-21(12-18)16(22)9-14-3-2-8-25-14/h1-4,6,8,13H,5,7,9-12H2/t13-/m0/s1. The van der Waals surface area contributed by atoms with Crippen LogP contribution in [0.4, 0.5) is 4.39 Å². The molecule has 0 unspecified atom stereocenters. The van der Waals surface area contributed by atoms with Gasteiger partial charge in [0, 0.05) is 23.6 Å². The van der Waals surface area contributed by atoms with Crippen molar-refractivity contribution in [3.05, 3.63) is 46.5 Å². The molecule has 25 heavy (non-hydrogen) atoms. The van der Waals surface area contributed by atoms with E-state index in [1.54, 1.807) is 11.3 Å². The highest BCUT2D eigenvalue weighted by molar-refractivity contribution is 7.10. The number of halogens is 1. The van der Waals surface area contributed by atoms with Crippen LogP contribution in [0.5, 0.6) is 5.88 Å². The van der Waals surface area contributed by atoms with Gasteiger partial charge in [0.15, 0.2) is 5.82 Å². The van der Waals surface area contributed by atoms with Crippen LogP contribution in [0.15, 0.2) is 35.8 Å². The Kier molecular flexibility index (Phi) is 4.43. The summed E-state index contributed by atoms with van der Waals surface area (Å²) in [6.07, 6.45) is 2.79. The minimum absolute atomic E-state index is 0.0227. The second-order valence-electron chi connectivity index (χ2n) is 6.51. The van der Waals surface area contributed by atoms with Crippen LogP contribution >= 0.6 is 11.3 Å². The summed E-state index contributed by atoms with van der Waals surface area (Å²) in [5, 5.41) is 1.98. The molecule has 0 aromatic carbocycles. The van der Waals surface area contributed by atoms with Gasteiger partial charge in [-0.2, -0.15) is 0 Å². The fourth-order valence-corrected chi connectivity index (χ4v) is 4.17. The maximum absolute atomic E-state index is 13.6. The first-order chi connectivity index (χ1) is 12.2. The number of carbonyl (C=O) groups is 1. The van der Waals surface area contributed by atoms with Crippen molar-refractivity contribution in [2.24, 2.45) is 5.92 Å². The lowest BCUT2D eigenvalue weighted by molar-refractivity contribution is -0.166. The molecule has 5 nitrogen and oxygen atoms in total. The van der Waals surface area contributed by atoms with Crippen molar-refractivity contribution in [2.75, 3.05) is 26.3 Å². The van der Waals surface area contributed by atoms with Crippen molar-refractivity contribution in [2.45, 2.75) is 18.4 Å². The van der Waals surface area contributed by atoms with Gasteiger partial charge in [0.05, 0.1) is 26.1 Å². The molecule has 1 atom stereocenters. The monoisotopic (exact) mass is 362 g/mol. The molecule has 4 heterocycles. The Balaban J connectivity index is 1.33. The molecular formula is C18H19FN2O3S. The molecule has 7 heteroatoms. The maximum Gasteiger partial charge on any atom is 0.250 e. The Hall–Kier alpha value is -1.99. The first-order valence-electron chi connectivity index (χ1n) is 8.34. The van der Waals surface area contributed by atoms with E-state index in [0.29, 0.717) is 32.7 Å². The van der Waals surface area contributed by atoms with E-state index in [2.05, 4.69) is 4.98 Å². The van der Waals surface area contributed by atoms with E-state index in [4.69, 9.17) is 9.47 Å². The molecule has 0 N–H and O–H groups in total. The SMILES string of the molecule is O=C(Cc1cccs1)N1CC2(C1)OCC[C@H]2COc1ncccc1F. The van der Waals surface area contributed by atoms with Crippen molar-refractivity contribution in [3.8, 4) is 5.88 Å². The number of likely N-dealkylation sites (tertiary alicyclic amines) is 1. The fraction of sp³-hybridized carbons (Fsp3) is 0.444. The third-order valence-corrected chi connectivity index (χ3v) is 5.80. The van der Waals surface area contributed by atoms with Gasteiger partial charge in [-0.05, 0) is 30.0 Å². The van der Waals surface area contributed by atoms with Crippen LogP contribution < -0.4 is 4.74 Å². The van der Waals surface area contributed by atoms with Gasteiger partial charge < -0.3 is 14.4 Å². The first kappa shape index (κ1) is 16.5. The predicted octanol–water partition coefficient (Wildman–Crippen LogP) is 2.52. The zero-order valence-electron chi connectivity index (χ0n) is 13.7. The number of aromatic nitrogens is 1. The highest BCUT2D eigenvalue weighted by Crippen LogP contribution is 2.40. The quantitative estimate of drug-likeness (QED) is 0.820. The molecular weight excluding hydrogens is 343 g/mol. The molecule has 0 radical (unpaired) electrons. The van der Waals surface area contributed by atoms with Crippen molar-refractivity contribution < 1.29 is 18.7 Å². The minimum Gasteiger partial charge on any atom is -0.475 e. The van der Waals surface area contributed by atoms with Gasteiger partial charge in [0.2, 0.25) is 11.8 Å². The summed E-state index contributed by atoms with van der Waals surface area (Å²) in [6, 6.07) is 6.79. The summed E-state index contributed by atoms with van der Waals surface area (Å²) in [6.45, 7) is 2.15. The van der Waals surface area contributed by atoms with E-state index in [1.165, 1.54) is 18.3 Å². The van der Waals surface area contributed by atoms with E-state index < -0.39 is 5.82 Å². The largest absolute Gasteiger partial charge is 0.475 e. The van der Waals surface area contributed by atoms with E-state index in [-0.39, 0.29) is 23.3 Å². The van der Waals surface area contributed by atoms with Crippen molar-refractivity contribution >= 4 is 17.2 Å². The predicted molar refractivity (Wildman–Crippen MR) is 91.1 cm³/mol. The number of pyridine rings is 1. The number of rotatable bonds is 5. The normalized spacial score (nSPS) is 21.3. The molecule has 0 aliphatic carbocycles. The van der Waals surface area contributed by atoms with E-state index in [0.717, 1.165) is 11.3 Å². The number of ether oxygens (including phenoxy) is 2. The molecule has 1 spiro atoms. The molecule has 0 bridgehead atoms. The molecule has 2 aliphatic heterocycles. The molecule has 2 saturated heterocycles. The summed E-state index contributed by atoms with van der Waals surface area (Å²) in [5.74, 6) is -0.176. The number of nitrogens with zero attached hydrogens (tertiary/aromatic N) is 2. The van der Waals surface area contributed by atoms with Gasteiger partial charge in [0.25, 0.3) is 0 Å². The fourth-order valence-electron chi connectivity index (χ4n) is 3.48. The van der Waals surface area contributed by atoms with Crippen molar-refractivity contribution in [1.29, 1.82) is 0 Å². The van der Waals surface area contributed by atoms with Crippen LogP contribution in [-0.4, -0.2) is 47.7 Å². The molecule has 0 saturated carbocycles. The summed E-state index contributed by atoms with van der Waals surface area (Å²) < 4.78 is 25.1. The topological polar surface area (TPSA) is 51.7 Å². The molecule has 2 aliphatic rings. The van der Waals surface area contributed by atoms with Crippen LogP contribution in [0.25, 0.3) is 0 Å². The molecule has 4 rings (SSSR count). The summed E-state index contributed by atoms with van der Waals surface area (Å²) in [4.78, 5) is 19.2. The van der Waals surface area contributed by atoms with Crippen LogP contribution in [-0.2, 0) is 16.0 Å². The average molecular weight is 362 g/mol. The van der Waals surface area contributed by atoms with Gasteiger partial charge in [-0.25, -0.2) is 9.37 Å². The number of thiophene rings is 1. The summed E-state index contributed by atoms with van der Waals surface area (Å²) in [7, 11) is 0. The summed E-state index contributed by atoms with van der Waals surface area (Å²) >= 11 is 1.59. The molecule has 2 aromatic rings. The second-order valence-corrected chi connectivity index (χ2v) is 7.54. The lowest BCUT2D eigenvalue weighted by Gasteiger charge is -2.50. The molecule has 1 amide bonds. The summed E-state index contributed by atoms with van der Waals surface area (Å²) in [5.41, 5.74) is -0.351. The van der Waals surface area contributed by atoms with Gasteiger partial charge in [-0.15, -0.1) is 11.3 Å². The molecule has 2 fully saturated rings. The number of hydrogen-bond acceptors (Lipinski definition) is 5. The van der Waals surface area contributed by atoms with Gasteiger partial charge in [0.1, 0.15) is 5.60 Å². The number of amides is 1. The third kappa shape index (κ3) is 3.26. The van der Waals surface area contributed by atoms with E-state index >= 15 is 0 Å². The Morgan fingerprint density at radius 3 is 3.08 bits per heavy atom. The zero-order valence-corrected chi connectivity index (χ0v) is 14.5. The van der Waals surface area contributed by atoms with Crippen molar-refractivity contribution in [3.63, 3.8) is 0 Å². The minimum atomic E-state index is -0.461. The van der Waals surface area contributed by atoms with Crippen molar-refractivity contribution in [1.82, 2.24) is 9.88 Å². The van der Waals surface area contributed by atoms with Crippen LogP contribution in [0.3, 0.4) is 0 Å². The number of hydrogen-bond donors (Lipinski definition) is 0. The van der Waals surface area contributed by atoms with E-state index in [1.807, 2.05) is 22.4 Å². The Morgan fingerprint density at radius 2 is 2.32 bits per heavy atom. The third-order valence-electron chi connectivity index (χ3n) is 4.92. The Labute approximate surface area is 149 Å². The van der Waals surface area contributed by atoms with Crippen LogP contribution in [0.2, 0.25) is 0 Å². The Bertz CT molecular complexity index is 747. The van der Waals surface area contributed by atoms with Crippen LogP contribution in [0, 0.1) is 11.7 Å². The maximum atomic E-state index is 13.6. The highest BCUT2D eigenvalue weighted by atomic mass is 32.1. The van der Waals surface area contributed by atoms with E-state index in [9.17, 15) is 9.18 Å². The molecule has 132 valence electrons. The second kappa shape index (κ2) is 6.72. The number of carbonyl (C=O) groups excluding carboxylic acids is 1. The lowest BCUT2D eigenvalue weighted by atomic mass is 9.81. The lowest BCUT2D eigenvalue weighted by Crippen LogP contribution is -2.67. The van der Waals surface area contributed by atoms with Gasteiger partial charge in [-0.1, -0.05) is 6.07 Å². The molecule has 2 aromatic heterocycles. The smallest absolute Gasteiger partial charge is 0.250 e.